The highest BCUT2D eigenvalue weighted by Gasteiger charge is 2.16. The van der Waals surface area contributed by atoms with Gasteiger partial charge in [-0.2, -0.15) is 0 Å². The van der Waals surface area contributed by atoms with E-state index in [4.69, 9.17) is 11.6 Å². The van der Waals surface area contributed by atoms with Gasteiger partial charge in [-0.25, -0.2) is 0 Å². The topological polar surface area (TPSA) is 12.0 Å². The molecule has 1 N–H and O–H groups in total. The van der Waals surface area contributed by atoms with Gasteiger partial charge in [0.15, 0.2) is 0 Å². The fourth-order valence-corrected chi connectivity index (χ4v) is 2.29. The first-order valence-corrected chi connectivity index (χ1v) is 4.74. The van der Waals surface area contributed by atoms with Crippen molar-refractivity contribution in [2.75, 3.05) is 5.32 Å². The van der Waals surface area contributed by atoms with E-state index in [1.165, 1.54) is 4.90 Å². The minimum Gasteiger partial charge on any atom is -0.372 e. The van der Waals surface area contributed by atoms with Crippen LogP contribution in [-0.2, 0) is 0 Å². The smallest absolute Gasteiger partial charge is 0.0741 e. The highest BCUT2D eigenvalue weighted by atomic mass is 35.5. The SMILES string of the molecule is CC1Nc2cc(Cl)ccc2S1. The molecule has 1 aromatic carbocycles. The molecule has 0 radical (unpaired) electrons. The molecular weight excluding hydrogens is 178 g/mol. The number of halogens is 1. The molecule has 2 rings (SSSR count). The van der Waals surface area contributed by atoms with E-state index in [1.807, 2.05) is 23.9 Å². The van der Waals surface area contributed by atoms with Gasteiger partial charge in [-0.3, -0.25) is 0 Å². The Morgan fingerprint density at radius 1 is 1.55 bits per heavy atom. The average molecular weight is 186 g/mol. The van der Waals surface area contributed by atoms with Gasteiger partial charge in [0.2, 0.25) is 0 Å². The number of thioether (sulfide) groups is 1. The van der Waals surface area contributed by atoms with Crippen molar-refractivity contribution in [3.63, 3.8) is 0 Å². The van der Waals surface area contributed by atoms with Gasteiger partial charge in [-0.15, -0.1) is 0 Å². The van der Waals surface area contributed by atoms with E-state index in [2.05, 4.69) is 18.3 Å². The van der Waals surface area contributed by atoms with Crippen LogP contribution in [0, 0.1) is 0 Å². The third-order valence-electron chi connectivity index (χ3n) is 1.60. The van der Waals surface area contributed by atoms with Gasteiger partial charge in [0.25, 0.3) is 0 Å². The molecule has 1 unspecified atom stereocenters. The monoisotopic (exact) mass is 185 g/mol. The van der Waals surface area contributed by atoms with Crippen LogP contribution in [0.1, 0.15) is 6.92 Å². The molecule has 0 saturated carbocycles. The summed E-state index contributed by atoms with van der Waals surface area (Å²) in [5, 5.41) is 4.59. The summed E-state index contributed by atoms with van der Waals surface area (Å²) in [4.78, 5) is 1.29. The molecule has 58 valence electrons. The fourth-order valence-electron chi connectivity index (χ4n) is 1.16. The van der Waals surface area contributed by atoms with Crippen molar-refractivity contribution < 1.29 is 0 Å². The Hall–Kier alpha value is -0.340. The first-order valence-electron chi connectivity index (χ1n) is 3.48. The summed E-state index contributed by atoms with van der Waals surface area (Å²) in [6, 6.07) is 5.94. The Kier molecular flexibility index (Phi) is 1.74. The van der Waals surface area contributed by atoms with Crippen molar-refractivity contribution in [1.82, 2.24) is 0 Å². The minimum absolute atomic E-state index is 0.475. The summed E-state index contributed by atoms with van der Waals surface area (Å²) < 4.78 is 0. The molecule has 1 aromatic rings. The van der Waals surface area contributed by atoms with Crippen LogP contribution in [-0.4, -0.2) is 5.37 Å². The van der Waals surface area contributed by atoms with Crippen molar-refractivity contribution in [1.29, 1.82) is 0 Å². The molecule has 1 heterocycles. The van der Waals surface area contributed by atoms with Crippen molar-refractivity contribution in [3.05, 3.63) is 23.2 Å². The lowest BCUT2D eigenvalue weighted by atomic mass is 10.3. The standard InChI is InChI=1S/C8H8ClNS/c1-5-10-7-4-6(9)2-3-8(7)11-5/h2-5,10H,1H3. The maximum absolute atomic E-state index is 5.82. The van der Waals surface area contributed by atoms with E-state index in [9.17, 15) is 0 Å². The molecule has 1 atom stereocenters. The third kappa shape index (κ3) is 1.33. The summed E-state index contributed by atoms with van der Waals surface area (Å²) in [5.74, 6) is 0. The lowest BCUT2D eigenvalue weighted by Gasteiger charge is -1.99. The number of hydrogen-bond donors (Lipinski definition) is 1. The molecule has 0 fully saturated rings. The van der Waals surface area contributed by atoms with E-state index >= 15 is 0 Å². The third-order valence-corrected chi connectivity index (χ3v) is 2.92. The van der Waals surface area contributed by atoms with Crippen molar-refractivity contribution >= 4 is 29.1 Å². The zero-order valence-corrected chi connectivity index (χ0v) is 7.67. The number of fused-ring (bicyclic) bond motifs is 1. The number of nitrogens with one attached hydrogen (secondary N) is 1. The van der Waals surface area contributed by atoms with Crippen molar-refractivity contribution in [2.45, 2.75) is 17.2 Å². The molecule has 1 aliphatic rings. The molecule has 0 bridgehead atoms. The van der Waals surface area contributed by atoms with E-state index < -0.39 is 0 Å². The van der Waals surface area contributed by atoms with Gasteiger partial charge in [0, 0.05) is 9.92 Å². The Morgan fingerprint density at radius 2 is 2.36 bits per heavy atom. The van der Waals surface area contributed by atoms with Gasteiger partial charge >= 0.3 is 0 Å². The fraction of sp³-hybridized carbons (Fsp3) is 0.250. The summed E-state index contributed by atoms with van der Waals surface area (Å²) in [6.45, 7) is 2.14. The number of hydrogen-bond acceptors (Lipinski definition) is 2. The van der Waals surface area contributed by atoms with Crippen molar-refractivity contribution in [2.24, 2.45) is 0 Å². The first kappa shape index (κ1) is 7.32. The van der Waals surface area contributed by atoms with Gasteiger partial charge in [0.05, 0.1) is 11.1 Å². The Bertz CT molecular complexity index is 287. The lowest BCUT2D eigenvalue weighted by molar-refractivity contribution is 1.15. The minimum atomic E-state index is 0.475. The first-order chi connectivity index (χ1) is 5.25. The molecule has 0 aromatic heterocycles. The van der Waals surface area contributed by atoms with Crippen LogP contribution in [0.25, 0.3) is 0 Å². The zero-order chi connectivity index (χ0) is 7.84. The molecule has 0 saturated heterocycles. The van der Waals surface area contributed by atoms with Crippen LogP contribution in [0.4, 0.5) is 5.69 Å². The molecule has 0 spiro atoms. The number of benzene rings is 1. The molecule has 0 amide bonds. The number of rotatable bonds is 0. The maximum Gasteiger partial charge on any atom is 0.0741 e. The van der Waals surface area contributed by atoms with Crippen LogP contribution >= 0.6 is 23.4 Å². The second kappa shape index (κ2) is 2.61. The highest BCUT2D eigenvalue weighted by molar-refractivity contribution is 8.00. The molecule has 1 aliphatic heterocycles. The summed E-state index contributed by atoms with van der Waals surface area (Å²) in [6.07, 6.45) is 0. The van der Waals surface area contributed by atoms with E-state index in [-0.39, 0.29) is 0 Å². The maximum atomic E-state index is 5.82. The molecular formula is C8H8ClNS. The second-order valence-electron chi connectivity index (χ2n) is 2.54. The quantitative estimate of drug-likeness (QED) is 0.666. The summed E-state index contributed by atoms with van der Waals surface area (Å²) in [7, 11) is 0. The second-order valence-corrected chi connectivity index (χ2v) is 4.36. The zero-order valence-electron chi connectivity index (χ0n) is 6.10. The van der Waals surface area contributed by atoms with E-state index in [0.29, 0.717) is 5.37 Å². The van der Waals surface area contributed by atoms with Crippen LogP contribution in [0.15, 0.2) is 23.1 Å². The Labute approximate surface area is 75.1 Å². The Morgan fingerprint density at radius 3 is 3.18 bits per heavy atom. The predicted molar refractivity (Wildman–Crippen MR) is 50.4 cm³/mol. The molecule has 11 heavy (non-hydrogen) atoms. The number of anilines is 1. The summed E-state index contributed by atoms with van der Waals surface area (Å²) >= 11 is 7.65. The highest BCUT2D eigenvalue weighted by Crippen LogP contribution is 2.39. The van der Waals surface area contributed by atoms with Gasteiger partial charge in [-0.1, -0.05) is 23.4 Å². The van der Waals surface area contributed by atoms with Crippen molar-refractivity contribution in [3.8, 4) is 0 Å². The van der Waals surface area contributed by atoms with Crippen LogP contribution < -0.4 is 5.32 Å². The van der Waals surface area contributed by atoms with Gasteiger partial charge < -0.3 is 5.32 Å². The summed E-state index contributed by atoms with van der Waals surface area (Å²) in [5.41, 5.74) is 1.16. The average Bonchev–Trinajstić information content (AvgIpc) is 2.27. The molecule has 3 heteroatoms. The van der Waals surface area contributed by atoms with Gasteiger partial charge in [0.1, 0.15) is 0 Å². The van der Waals surface area contributed by atoms with E-state index in [0.717, 1.165) is 10.7 Å². The predicted octanol–water partition coefficient (Wildman–Crippen LogP) is 3.20. The largest absolute Gasteiger partial charge is 0.372 e. The normalized spacial score (nSPS) is 21.1. The van der Waals surface area contributed by atoms with Crippen LogP contribution in [0.2, 0.25) is 5.02 Å². The van der Waals surface area contributed by atoms with Crippen LogP contribution in [0.5, 0.6) is 0 Å². The van der Waals surface area contributed by atoms with Crippen LogP contribution in [0.3, 0.4) is 0 Å². The van der Waals surface area contributed by atoms with Gasteiger partial charge in [-0.05, 0) is 25.1 Å². The molecule has 0 aliphatic carbocycles. The molecule has 1 nitrogen and oxygen atoms in total. The van der Waals surface area contributed by atoms with E-state index in [1.54, 1.807) is 0 Å². The lowest BCUT2D eigenvalue weighted by Crippen LogP contribution is -2.02. The Balaban J connectivity index is 2.43.